The van der Waals surface area contributed by atoms with Crippen LogP contribution in [0.4, 0.5) is 13.2 Å². The predicted octanol–water partition coefficient (Wildman–Crippen LogP) is 2.80. The molecule has 1 unspecified atom stereocenters. The lowest BCUT2D eigenvalue weighted by atomic mass is 9.90. The molecule has 0 aromatic carbocycles. The maximum Gasteiger partial charge on any atom is 0.416 e. The van der Waals surface area contributed by atoms with Crippen molar-refractivity contribution in [2.24, 2.45) is 11.8 Å². The van der Waals surface area contributed by atoms with Crippen LogP contribution in [0.2, 0.25) is 0 Å². The Morgan fingerprint density at radius 1 is 1.33 bits per heavy atom. The number of nitrogens with zero attached hydrogens (tertiary/aromatic N) is 1. The first-order valence-corrected chi connectivity index (χ1v) is 6.01. The van der Waals surface area contributed by atoms with Gasteiger partial charge in [-0.1, -0.05) is 12.8 Å². The third-order valence-corrected chi connectivity index (χ3v) is 3.54. The number of hydrogen-bond acceptors (Lipinski definition) is 3. The minimum absolute atomic E-state index is 0.152. The Bertz CT molecular complexity index is 400. The van der Waals surface area contributed by atoms with Gasteiger partial charge in [-0.2, -0.15) is 13.2 Å². The molecule has 3 nitrogen and oxygen atoms in total. The number of rotatable bonds is 3. The molecular formula is C12H16F3N3. The highest BCUT2D eigenvalue weighted by atomic mass is 19.4. The van der Waals surface area contributed by atoms with E-state index >= 15 is 0 Å². The van der Waals surface area contributed by atoms with Crippen molar-refractivity contribution in [1.82, 2.24) is 10.4 Å². The van der Waals surface area contributed by atoms with Gasteiger partial charge in [-0.15, -0.1) is 0 Å². The van der Waals surface area contributed by atoms with Gasteiger partial charge in [-0.25, -0.2) is 0 Å². The van der Waals surface area contributed by atoms with Crippen molar-refractivity contribution >= 4 is 0 Å². The molecule has 0 aliphatic heterocycles. The molecule has 0 spiro atoms. The summed E-state index contributed by atoms with van der Waals surface area (Å²) in [6.45, 7) is 0. The molecule has 100 valence electrons. The van der Waals surface area contributed by atoms with Gasteiger partial charge in [-0.3, -0.25) is 16.3 Å². The van der Waals surface area contributed by atoms with Gasteiger partial charge in [0.05, 0.1) is 11.6 Å². The number of nitrogens with two attached hydrogens (primary N) is 1. The molecule has 1 aromatic rings. The van der Waals surface area contributed by atoms with Gasteiger partial charge < -0.3 is 0 Å². The molecule has 0 saturated heterocycles. The van der Waals surface area contributed by atoms with Crippen LogP contribution < -0.4 is 11.3 Å². The van der Waals surface area contributed by atoms with E-state index in [1.165, 1.54) is 6.20 Å². The van der Waals surface area contributed by atoms with E-state index in [1.54, 1.807) is 0 Å². The molecule has 1 aliphatic rings. The zero-order valence-corrected chi connectivity index (χ0v) is 9.87. The van der Waals surface area contributed by atoms with Crippen LogP contribution in [-0.4, -0.2) is 4.98 Å². The summed E-state index contributed by atoms with van der Waals surface area (Å²) in [4.78, 5) is 3.80. The predicted molar refractivity (Wildman–Crippen MR) is 61.3 cm³/mol. The van der Waals surface area contributed by atoms with Gasteiger partial charge in [0.25, 0.3) is 0 Å². The summed E-state index contributed by atoms with van der Waals surface area (Å²) in [6.07, 6.45) is 1.96. The molecule has 2 rings (SSSR count). The second-order valence-corrected chi connectivity index (χ2v) is 4.65. The van der Waals surface area contributed by atoms with E-state index in [0.717, 1.165) is 37.9 Å². The Hall–Kier alpha value is -1.14. The Labute approximate surface area is 104 Å². The largest absolute Gasteiger partial charge is 0.416 e. The summed E-state index contributed by atoms with van der Waals surface area (Å²) in [7, 11) is 0. The zero-order valence-electron chi connectivity index (χ0n) is 9.87. The number of alkyl halides is 3. The second-order valence-electron chi connectivity index (χ2n) is 4.65. The summed E-state index contributed by atoms with van der Waals surface area (Å²) < 4.78 is 38.8. The average Bonchev–Trinajstić information content (AvgIpc) is 2.83. The highest BCUT2D eigenvalue weighted by Crippen LogP contribution is 2.40. The van der Waals surface area contributed by atoms with Gasteiger partial charge >= 0.3 is 6.18 Å². The van der Waals surface area contributed by atoms with E-state index in [2.05, 4.69) is 10.4 Å². The van der Waals surface area contributed by atoms with Crippen LogP contribution >= 0.6 is 0 Å². The van der Waals surface area contributed by atoms with Crippen molar-refractivity contribution < 1.29 is 13.2 Å². The van der Waals surface area contributed by atoms with Crippen LogP contribution in [0.3, 0.4) is 0 Å². The molecule has 0 radical (unpaired) electrons. The molecule has 18 heavy (non-hydrogen) atoms. The lowest BCUT2D eigenvalue weighted by molar-refractivity contribution is -0.138. The first kappa shape index (κ1) is 13.3. The van der Waals surface area contributed by atoms with Crippen molar-refractivity contribution in [3.8, 4) is 0 Å². The van der Waals surface area contributed by atoms with Crippen LogP contribution in [0, 0.1) is 5.92 Å². The Balaban J connectivity index is 2.35. The minimum atomic E-state index is -4.37. The summed E-state index contributed by atoms with van der Waals surface area (Å²) in [5.41, 5.74) is 2.04. The quantitative estimate of drug-likeness (QED) is 0.648. The molecule has 1 aliphatic carbocycles. The highest BCUT2D eigenvalue weighted by molar-refractivity contribution is 5.29. The lowest BCUT2D eigenvalue weighted by Crippen LogP contribution is -2.34. The van der Waals surface area contributed by atoms with Crippen molar-refractivity contribution in [2.75, 3.05) is 0 Å². The molecular weight excluding hydrogens is 243 g/mol. The summed E-state index contributed by atoms with van der Waals surface area (Å²) in [5.74, 6) is 5.60. The van der Waals surface area contributed by atoms with E-state index < -0.39 is 17.8 Å². The third-order valence-electron chi connectivity index (χ3n) is 3.54. The van der Waals surface area contributed by atoms with E-state index in [4.69, 9.17) is 5.84 Å². The fourth-order valence-electron chi connectivity index (χ4n) is 2.68. The molecule has 1 heterocycles. The lowest BCUT2D eigenvalue weighted by Gasteiger charge is -2.25. The first-order valence-electron chi connectivity index (χ1n) is 6.01. The van der Waals surface area contributed by atoms with Crippen molar-refractivity contribution in [3.05, 3.63) is 29.6 Å². The zero-order chi connectivity index (χ0) is 13.2. The van der Waals surface area contributed by atoms with E-state index in [1.807, 2.05) is 0 Å². The van der Waals surface area contributed by atoms with Crippen molar-refractivity contribution in [1.29, 1.82) is 0 Å². The number of pyridine rings is 1. The Morgan fingerprint density at radius 2 is 2.00 bits per heavy atom. The van der Waals surface area contributed by atoms with E-state index in [0.29, 0.717) is 0 Å². The topological polar surface area (TPSA) is 50.9 Å². The fourth-order valence-corrected chi connectivity index (χ4v) is 2.68. The molecule has 1 atom stereocenters. The number of hydrogen-bond donors (Lipinski definition) is 2. The van der Waals surface area contributed by atoms with Gasteiger partial charge in [0.15, 0.2) is 0 Å². The Kier molecular flexibility index (Phi) is 3.87. The van der Waals surface area contributed by atoms with Gasteiger partial charge in [0.2, 0.25) is 0 Å². The van der Waals surface area contributed by atoms with Crippen LogP contribution in [0.25, 0.3) is 0 Å². The monoisotopic (exact) mass is 259 g/mol. The smallest absolute Gasteiger partial charge is 0.271 e. The van der Waals surface area contributed by atoms with Crippen LogP contribution in [0.1, 0.15) is 42.9 Å². The SMILES string of the molecule is NNC(c1cnccc1C(F)(F)F)C1CCCC1. The van der Waals surface area contributed by atoms with Crippen molar-refractivity contribution in [3.63, 3.8) is 0 Å². The molecule has 1 fully saturated rings. The first-order chi connectivity index (χ1) is 8.54. The average molecular weight is 259 g/mol. The minimum Gasteiger partial charge on any atom is -0.271 e. The number of halogens is 3. The van der Waals surface area contributed by atoms with Crippen LogP contribution in [0.15, 0.2) is 18.5 Å². The van der Waals surface area contributed by atoms with Gasteiger partial charge in [0, 0.05) is 18.0 Å². The maximum atomic E-state index is 12.9. The number of hydrazine groups is 1. The molecule has 0 bridgehead atoms. The molecule has 6 heteroatoms. The van der Waals surface area contributed by atoms with E-state index in [9.17, 15) is 13.2 Å². The number of aromatic nitrogens is 1. The second kappa shape index (κ2) is 5.24. The maximum absolute atomic E-state index is 12.9. The van der Waals surface area contributed by atoms with Crippen LogP contribution in [-0.2, 0) is 6.18 Å². The molecule has 1 saturated carbocycles. The molecule has 0 amide bonds. The van der Waals surface area contributed by atoms with E-state index in [-0.39, 0.29) is 11.5 Å². The Morgan fingerprint density at radius 3 is 2.56 bits per heavy atom. The van der Waals surface area contributed by atoms with Crippen molar-refractivity contribution in [2.45, 2.75) is 37.9 Å². The normalized spacial score (nSPS) is 19.1. The third kappa shape index (κ3) is 2.64. The fraction of sp³-hybridized carbons (Fsp3) is 0.583. The summed E-state index contributed by atoms with van der Waals surface area (Å²) >= 11 is 0. The highest BCUT2D eigenvalue weighted by Gasteiger charge is 2.37. The summed E-state index contributed by atoms with van der Waals surface area (Å²) in [5, 5.41) is 0. The van der Waals surface area contributed by atoms with Gasteiger partial charge in [0.1, 0.15) is 0 Å². The molecule has 1 aromatic heterocycles. The molecule has 3 N–H and O–H groups in total. The standard InChI is InChI=1S/C12H16F3N3/c13-12(14,15)10-5-6-17-7-9(10)11(18-16)8-3-1-2-4-8/h5-8,11,18H,1-4,16H2. The number of nitrogens with one attached hydrogen (secondary N) is 1. The van der Waals surface area contributed by atoms with Crippen LogP contribution in [0.5, 0.6) is 0 Å². The summed E-state index contributed by atoms with van der Waals surface area (Å²) in [6, 6.07) is 0.534. The van der Waals surface area contributed by atoms with Gasteiger partial charge in [-0.05, 0) is 24.8 Å².